The summed E-state index contributed by atoms with van der Waals surface area (Å²) >= 11 is 3.50. The number of nitrogens with one attached hydrogen (secondary N) is 1. The fraction of sp³-hybridized carbons (Fsp3) is 0.667. The summed E-state index contributed by atoms with van der Waals surface area (Å²) in [5.41, 5.74) is 1.37. The Labute approximate surface area is 138 Å². The zero-order valence-electron chi connectivity index (χ0n) is 13.6. The average molecular weight is 353 g/mol. The molecule has 0 amide bonds. The first-order valence-electron chi connectivity index (χ1n) is 8.34. The molecule has 0 saturated carbocycles. The second kappa shape index (κ2) is 8.30. The molecule has 21 heavy (non-hydrogen) atoms. The van der Waals surface area contributed by atoms with Crippen molar-refractivity contribution in [3.05, 3.63) is 34.3 Å². The lowest BCUT2D eigenvalue weighted by atomic mass is 9.90. The topological polar surface area (TPSA) is 15.3 Å². The van der Waals surface area contributed by atoms with Gasteiger partial charge in [-0.05, 0) is 69.8 Å². The first kappa shape index (κ1) is 17.0. The minimum absolute atomic E-state index is 0.412. The predicted octanol–water partition coefficient (Wildman–Crippen LogP) is 4.61. The van der Waals surface area contributed by atoms with Crippen molar-refractivity contribution < 1.29 is 0 Å². The molecule has 0 radical (unpaired) electrons. The molecule has 3 atom stereocenters. The van der Waals surface area contributed by atoms with Gasteiger partial charge in [-0.25, -0.2) is 0 Å². The number of hydrogen-bond donors (Lipinski definition) is 1. The highest BCUT2D eigenvalue weighted by Gasteiger charge is 2.25. The SMILES string of the molecule is CCCN1CCCC(C(C)N[C@@H](C)c2ccc(Br)cc2)C1. The third-order valence-electron chi connectivity index (χ3n) is 4.67. The molecule has 1 saturated heterocycles. The van der Waals surface area contributed by atoms with Gasteiger partial charge in [0.05, 0.1) is 0 Å². The standard InChI is InChI=1S/C18H29BrN2/c1-4-11-21-12-5-6-17(13-21)15(3)20-14(2)16-7-9-18(19)10-8-16/h7-10,14-15,17,20H,4-6,11-13H2,1-3H3/t14-,15?,17?/m0/s1. The molecule has 0 aromatic heterocycles. The van der Waals surface area contributed by atoms with Gasteiger partial charge < -0.3 is 10.2 Å². The number of rotatable bonds is 6. The molecule has 2 nitrogen and oxygen atoms in total. The molecule has 0 aliphatic carbocycles. The van der Waals surface area contributed by atoms with E-state index in [2.05, 4.69) is 71.2 Å². The van der Waals surface area contributed by atoms with Crippen LogP contribution >= 0.6 is 15.9 Å². The van der Waals surface area contributed by atoms with Crippen molar-refractivity contribution in [1.29, 1.82) is 0 Å². The third-order valence-corrected chi connectivity index (χ3v) is 5.20. The van der Waals surface area contributed by atoms with Crippen LogP contribution in [0.3, 0.4) is 0 Å². The molecule has 1 N–H and O–H groups in total. The molecular weight excluding hydrogens is 324 g/mol. The third kappa shape index (κ3) is 5.08. The van der Waals surface area contributed by atoms with Crippen LogP contribution in [0.4, 0.5) is 0 Å². The largest absolute Gasteiger partial charge is 0.307 e. The van der Waals surface area contributed by atoms with Crippen LogP contribution in [-0.2, 0) is 0 Å². The summed E-state index contributed by atoms with van der Waals surface area (Å²) in [5, 5.41) is 3.81. The van der Waals surface area contributed by atoms with Crippen LogP contribution in [0.1, 0.15) is 51.6 Å². The predicted molar refractivity (Wildman–Crippen MR) is 94.6 cm³/mol. The molecule has 2 rings (SSSR count). The summed E-state index contributed by atoms with van der Waals surface area (Å²) in [6, 6.07) is 9.65. The van der Waals surface area contributed by atoms with Crippen molar-refractivity contribution in [3.8, 4) is 0 Å². The molecule has 1 aromatic carbocycles. The number of hydrogen-bond acceptors (Lipinski definition) is 2. The minimum Gasteiger partial charge on any atom is -0.307 e. The summed E-state index contributed by atoms with van der Waals surface area (Å²) < 4.78 is 1.15. The van der Waals surface area contributed by atoms with E-state index in [4.69, 9.17) is 0 Å². The normalized spacial score (nSPS) is 23.0. The Hall–Kier alpha value is -0.380. The van der Waals surface area contributed by atoms with Crippen LogP contribution in [0.25, 0.3) is 0 Å². The van der Waals surface area contributed by atoms with Gasteiger partial charge in [-0.3, -0.25) is 0 Å². The average Bonchev–Trinajstić information content (AvgIpc) is 2.48. The lowest BCUT2D eigenvalue weighted by molar-refractivity contribution is 0.147. The number of nitrogens with zero attached hydrogens (tertiary/aromatic N) is 1. The van der Waals surface area contributed by atoms with E-state index in [1.165, 1.54) is 44.5 Å². The molecule has 1 fully saturated rings. The fourth-order valence-corrected chi connectivity index (χ4v) is 3.66. The van der Waals surface area contributed by atoms with E-state index in [1.807, 2.05) is 0 Å². The van der Waals surface area contributed by atoms with Crippen molar-refractivity contribution in [2.45, 2.75) is 52.1 Å². The Morgan fingerprint density at radius 3 is 2.67 bits per heavy atom. The fourth-order valence-electron chi connectivity index (χ4n) is 3.40. The highest BCUT2D eigenvalue weighted by Crippen LogP contribution is 2.23. The Morgan fingerprint density at radius 2 is 2.00 bits per heavy atom. The number of piperidine rings is 1. The highest BCUT2D eigenvalue weighted by atomic mass is 79.9. The van der Waals surface area contributed by atoms with Crippen molar-refractivity contribution in [2.24, 2.45) is 5.92 Å². The van der Waals surface area contributed by atoms with Crippen molar-refractivity contribution in [1.82, 2.24) is 10.2 Å². The summed E-state index contributed by atoms with van der Waals surface area (Å²) in [7, 11) is 0. The molecule has 2 unspecified atom stereocenters. The van der Waals surface area contributed by atoms with Gasteiger partial charge in [0, 0.05) is 23.1 Å². The maximum Gasteiger partial charge on any atom is 0.0294 e. The van der Waals surface area contributed by atoms with Crippen LogP contribution in [0.2, 0.25) is 0 Å². The van der Waals surface area contributed by atoms with Crippen molar-refractivity contribution >= 4 is 15.9 Å². The Kier molecular flexibility index (Phi) is 6.72. The molecule has 1 heterocycles. The maximum atomic E-state index is 3.81. The highest BCUT2D eigenvalue weighted by molar-refractivity contribution is 9.10. The van der Waals surface area contributed by atoms with Crippen molar-refractivity contribution in [3.63, 3.8) is 0 Å². The van der Waals surface area contributed by atoms with E-state index in [9.17, 15) is 0 Å². The number of benzene rings is 1. The molecule has 1 aliphatic rings. The van der Waals surface area contributed by atoms with E-state index in [0.29, 0.717) is 12.1 Å². The zero-order valence-corrected chi connectivity index (χ0v) is 15.2. The van der Waals surface area contributed by atoms with E-state index < -0.39 is 0 Å². The van der Waals surface area contributed by atoms with Gasteiger partial charge in [0.1, 0.15) is 0 Å². The van der Waals surface area contributed by atoms with Crippen LogP contribution < -0.4 is 5.32 Å². The number of likely N-dealkylation sites (tertiary alicyclic amines) is 1. The summed E-state index contributed by atoms with van der Waals surface area (Å²) in [5.74, 6) is 0.781. The lowest BCUT2D eigenvalue weighted by Crippen LogP contribution is -2.45. The van der Waals surface area contributed by atoms with Gasteiger partial charge in [-0.2, -0.15) is 0 Å². The Bertz CT molecular complexity index is 416. The van der Waals surface area contributed by atoms with Crippen molar-refractivity contribution in [2.75, 3.05) is 19.6 Å². The van der Waals surface area contributed by atoms with Gasteiger partial charge in [-0.15, -0.1) is 0 Å². The quantitative estimate of drug-likeness (QED) is 0.803. The molecule has 1 aliphatic heterocycles. The Balaban J connectivity index is 1.88. The van der Waals surface area contributed by atoms with Crippen LogP contribution in [0, 0.1) is 5.92 Å². The Morgan fingerprint density at radius 1 is 1.29 bits per heavy atom. The molecule has 118 valence electrons. The van der Waals surface area contributed by atoms with E-state index in [0.717, 1.165) is 10.4 Å². The summed E-state index contributed by atoms with van der Waals surface area (Å²) in [4.78, 5) is 2.64. The second-order valence-electron chi connectivity index (χ2n) is 6.43. The van der Waals surface area contributed by atoms with Gasteiger partial charge in [-0.1, -0.05) is 35.0 Å². The smallest absolute Gasteiger partial charge is 0.0294 e. The van der Waals surface area contributed by atoms with Gasteiger partial charge >= 0.3 is 0 Å². The van der Waals surface area contributed by atoms with Crippen LogP contribution in [0.15, 0.2) is 28.7 Å². The van der Waals surface area contributed by atoms with Gasteiger partial charge in [0.25, 0.3) is 0 Å². The van der Waals surface area contributed by atoms with Gasteiger partial charge in [0.2, 0.25) is 0 Å². The lowest BCUT2D eigenvalue weighted by Gasteiger charge is -2.37. The van der Waals surface area contributed by atoms with Crippen LogP contribution in [0.5, 0.6) is 0 Å². The molecule has 0 bridgehead atoms. The van der Waals surface area contributed by atoms with E-state index in [1.54, 1.807) is 0 Å². The summed E-state index contributed by atoms with van der Waals surface area (Å²) in [6.45, 7) is 10.7. The van der Waals surface area contributed by atoms with Gasteiger partial charge in [0.15, 0.2) is 0 Å². The van der Waals surface area contributed by atoms with Crippen LogP contribution in [-0.4, -0.2) is 30.6 Å². The molecule has 1 aromatic rings. The maximum absolute atomic E-state index is 3.81. The summed E-state index contributed by atoms with van der Waals surface area (Å²) in [6.07, 6.45) is 3.98. The molecule has 0 spiro atoms. The van der Waals surface area contributed by atoms with E-state index >= 15 is 0 Å². The molecule has 3 heteroatoms. The first-order chi connectivity index (χ1) is 10.1. The van der Waals surface area contributed by atoms with E-state index in [-0.39, 0.29) is 0 Å². The minimum atomic E-state index is 0.412. The molecular formula is C18H29BrN2. The number of halogens is 1. The first-order valence-corrected chi connectivity index (χ1v) is 9.13. The monoisotopic (exact) mass is 352 g/mol. The zero-order chi connectivity index (χ0) is 15.2. The second-order valence-corrected chi connectivity index (χ2v) is 7.35.